The molecule has 158 valence electrons. The summed E-state index contributed by atoms with van der Waals surface area (Å²) in [4.78, 5) is 16.7. The number of aryl methyl sites for hydroxylation is 1. The van der Waals surface area contributed by atoms with Crippen molar-refractivity contribution in [2.24, 2.45) is 5.92 Å². The van der Waals surface area contributed by atoms with Crippen molar-refractivity contribution in [3.05, 3.63) is 54.4 Å². The number of para-hydroxylation sites is 1. The molecule has 0 bridgehead atoms. The van der Waals surface area contributed by atoms with Crippen molar-refractivity contribution in [3.63, 3.8) is 0 Å². The van der Waals surface area contributed by atoms with Crippen LogP contribution < -0.4 is 5.32 Å². The Labute approximate surface area is 182 Å². The number of carbonyl (C=O) groups excluding carboxylic acids is 1. The zero-order valence-corrected chi connectivity index (χ0v) is 18.8. The van der Waals surface area contributed by atoms with E-state index >= 15 is 0 Å². The van der Waals surface area contributed by atoms with E-state index in [0.29, 0.717) is 22.7 Å². The minimum absolute atomic E-state index is 0.0125. The molecule has 0 fully saturated rings. The highest BCUT2D eigenvalue weighted by Crippen LogP contribution is 2.29. The first-order valence-corrected chi connectivity index (χ1v) is 11.3. The molecular formula is C23H29N5OS. The topological polar surface area (TPSA) is 72.7 Å². The fourth-order valence-electron chi connectivity index (χ4n) is 3.18. The number of hydrogen-bond donors (Lipinski definition) is 1. The lowest BCUT2D eigenvalue weighted by Crippen LogP contribution is -2.34. The molecule has 3 rings (SSSR count). The number of nitrogens with one attached hydrogen (secondary N) is 1. The average Bonchev–Trinajstić information content (AvgIpc) is 3.15. The lowest BCUT2D eigenvalue weighted by Gasteiger charge is -2.15. The van der Waals surface area contributed by atoms with Crippen LogP contribution in [-0.4, -0.2) is 37.5 Å². The van der Waals surface area contributed by atoms with E-state index in [1.54, 1.807) is 12.4 Å². The second-order valence-electron chi connectivity index (χ2n) is 7.90. The first-order valence-electron chi connectivity index (χ1n) is 10.3. The fourth-order valence-corrected chi connectivity index (χ4v) is 3.93. The second kappa shape index (κ2) is 10.4. The smallest absolute Gasteiger partial charge is 0.230 e. The quantitative estimate of drug-likeness (QED) is 0.506. The summed E-state index contributed by atoms with van der Waals surface area (Å²) in [6.07, 6.45) is 5.60. The predicted octanol–water partition coefficient (Wildman–Crippen LogP) is 4.67. The van der Waals surface area contributed by atoms with Crippen LogP contribution in [0.2, 0.25) is 0 Å². The van der Waals surface area contributed by atoms with Crippen LogP contribution >= 0.6 is 11.8 Å². The Morgan fingerprint density at radius 1 is 1.10 bits per heavy atom. The Bertz CT molecular complexity index is 971. The maximum absolute atomic E-state index is 12.5. The van der Waals surface area contributed by atoms with Crippen LogP contribution in [0.25, 0.3) is 17.1 Å². The fraction of sp³-hybridized carbons (Fsp3) is 0.391. The van der Waals surface area contributed by atoms with E-state index in [1.165, 1.54) is 11.8 Å². The van der Waals surface area contributed by atoms with Gasteiger partial charge in [0, 0.05) is 24.0 Å². The van der Waals surface area contributed by atoms with Crippen LogP contribution in [0.15, 0.2) is 53.9 Å². The maximum atomic E-state index is 12.5. The van der Waals surface area contributed by atoms with Gasteiger partial charge in [0.2, 0.25) is 5.91 Å². The molecule has 0 saturated carbocycles. The Morgan fingerprint density at radius 2 is 1.90 bits per heavy atom. The standard InChI is InChI=1S/C23H29N5OS/c1-16(2)11-12-18(4)25-21(29)15-30-23-27-26-22(19-9-7-13-24-14-19)28(23)20-10-6-5-8-17(20)3/h5-10,13-14,16,18H,11-12,15H2,1-4H3,(H,25,29). The number of carbonyl (C=O) groups is 1. The van der Waals surface area contributed by atoms with Gasteiger partial charge in [0.05, 0.1) is 11.4 Å². The summed E-state index contributed by atoms with van der Waals surface area (Å²) in [5.74, 6) is 1.66. The molecule has 1 atom stereocenters. The van der Waals surface area contributed by atoms with Gasteiger partial charge in [-0.1, -0.05) is 43.8 Å². The lowest BCUT2D eigenvalue weighted by atomic mass is 10.0. The summed E-state index contributed by atoms with van der Waals surface area (Å²) in [7, 11) is 0. The van der Waals surface area contributed by atoms with Gasteiger partial charge in [-0.2, -0.15) is 0 Å². The molecule has 0 aliphatic rings. The predicted molar refractivity (Wildman–Crippen MR) is 122 cm³/mol. The number of hydrogen-bond acceptors (Lipinski definition) is 5. The number of benzene rings is 1. The molecule has 7 heteroatoms. The van der Waals surface area contributed by atoms with Gasteiger partial charge in [0.15, 0.2) is 11.0 Å². The van der Waals surface area contributed by atoms with Crippen molar-refractivity contribution in [2.45, 2.75) is 51.7 Å². The molecule has 1 aromatic carbocycles. The monoisotopic (exact) mass is 423 g/mol. The largest absolute Gasteiger partial charge is 0.353 e. The zero-order chi connectivity index (χ0) is 21.5. The van der Waals surface area contributed by atoms with Crippen molar-refractivity contribution in [2.75, 3.05) is 5.75 Å². The molecule has 0 aliphatic heterocycles. The third-order valence-corrected chi connectivity index (χ3v) is 5.76. The maximum Gasteiger partial charge on any atom is 0.230 e. The van der Waals surface area contributed by atoms with Crippen molar-refractivity contribution in [1.29, 1.82) is 0 Å². The molecule has 0 radical (unpaired) electrons. The number of aromatic nitrogens is 4. The molecular weight excluding hydrogens is 394 g/mol. The lowest BCUT2D eigenvalue weighted by molar-refractivity contribution is -0.119. The Hall–Kier alpha value is -2.67. The minimum atomic E-state index is 0.0125. The molecule has 3 aromatic rings. The molecule has 1 N–H and O–H groups in total. The first-order chi connectivity index (χ1) is 14.5. The highest BCUT2D eigenvalue weighted by molar-refractivity contribution is 7.99. The molecule has 2 aromatic heterocycles. The number of pyridine rings is 1. The Balaban J connectivity index is 1.79. The number of amides is 1. The van der Waals surface area contributed by atoms with Crippen LogP contribution in [0, 0.1) is 12.8 Å². The molecule has 1 amide bonds. The molecule has 30 heavy (non-hydrogen) atoms. The van der Waals surface area contributed by atoms with Crippen molar-refractivity contribution < 1.29 is 4.79 Å². The minimum Gasteiger partial charge on any atom is -0.353 e. The van der Waals surface area contributed by atoms with E-state index < -0.39 is 0 Å². The van der Waals surface area contributed by atoms with Gasteiger partial charge >= 0.3 is 0 Å². The molecule has 2 heterocycles. The summed E-state index contributed by atoms with van der Waals surface area (Å²) in [5, 5.41) is 12.6. The molecule has 0 spiro atoms. The van der Waals surface area contributed by atoms with Crippen molar-refractivity contribution in [1.82, 2.24) is 25.1 Å². The number of nitrogens with zero attached hydrogens (tertiary/aromatic N) is 4. The summed E-state index contributed by atoms with van der Waals surface area (Å²) >= 11 is 1.40. The van der Waals surface area contributed by atoms with Gasteiger partial charge in [-0.15, -0.1) is 10.2 Å². The molecule has 6 nitrogen and oxygen atoms in total. The first kappa shape index (κ1) is 22.0. The normalized spacial score (nSPS) is 12.2. The van der Waals surface area contributed by atoms with E-state index in [4.69, 9.17) is 0 Å². The molecule has 0 aliphatic carbocycles. The number of thioether (sulfide) groups is 1. The second-order valence-corrected chi connectivity index (χ2v) is 8.84. The van der Waals surface area contributed by atoms with Gasteiger partial charge < -0.3 is 5.32 Å². The van der Waals surface area contributed by atoms with E-state index in [-0.39, 0.29) is 11.9 Å². The van der Waals surface area contributed by atoms with Gasteiger partial charge in [-0.05, 0) is 56.4 Å². The van der Waals surface area contributed by atoms with E-state index in [9.17, 15) is 4.79 Å². The Morgan fingerprint density at radius 3 is 2.60 bits per heavy atom. The van der Waals surface area contributed by atoms with Crippen LogP contribution in [0.1, 0.15) is 39.2 Å². The van der Waals surface area contributed by atoms with Crippen LogP contribution in [0.5, 0.6) is 0 Å². The van der Waals surface area contributed by atoms with Crippen LogP contribution in [0.4, 0.5) is 0 Å². The SMILES string of the molecule is Cc1ccccc1-n1c(SCC(=O)NC(C)CCC(C)C)nnc1-c1cccnc1. The molecule has 0 saturated heterocycles. The summed E-state index contributed by atoms with van der Waals surface area (Å²) in [6.45, 7) is 8.51. The highest BCUT2D eigenvalue weighted by Gasteiger charge is 2.19. The third-order valence-electron chi connectivity index (χ3n) is 4.83. The van der Waals surface area contributed by atoms with E-state index in [1.807, 2.05) is 34.9 Å². The van der Waals surface area contributed by atoms with Crippen molar-refractivity contribution in [3.8, 4) is 17.1 Å². The highest BCUT2D eigenvalue weighted by atomic mass is 32.2. The van der Waals surface area contributed by atoms with Crippen molar-refractivity contribution >= 4 is 17.7 Å². The average molecular weight is 424 g/mol. The summed E-state index contributed by atoms with van der Waals surface area (Å²) < 4.78 is 2.01. The Kier molecular flexibility index (Phi) is 7.63. The van der Waals surface area contributed by atoms with E-state index in [2.05, 4.69) is 54.3 Å². The van der Waals surface area contributed by atoms with E-state index in [0.717, 1.165) is 29.7 Å². The summed E-state index contributed by atoms with van der Waals surface area (Å²) in [6, 6.07) is 12.1. The zero-order valence-electron chi connectivity index (χ0n) is 18.0. The number of rotatable bonds is 9. The molecule has 1 unspecified atom stereocenters. The van der Waals surface area contributed by atoms with Crippen LogP contribution in [0.3, 0.4) is 0 Å². The van der Waals surface area contributed by atoms with Gasteiger partial charge in [-0.25, -0.2) is 0 Å². The van der Waals surface area contributed by atoms with Gasteiger partial charge in [0.1, 0.15) is 0 Å². The summed E-state index contributed by atoms with van der Waals surface area (Å²) in [5.41, 5.74) is 2.98. The third kappa shape index (κ3) is 5.69. The van der Waals surface area contributed by atoms with Gasteiger partial charge in [-0.3, -0.25) is 14.3 Å². The van der Waals surface area contributed by atoms with Gasteiger partial charge in [0.25, 0.3) is 0 Å². The van der Waals surface area contributed by atoms with Crippen LogP contribution in [-0.2, 0) is 4.79 Å².